The maximum Gasteiger partial charge on any atom is 0.183 e. The number of nitrogens with zero attached hydrogens (tertiary/aromatic N) is 2. The Morgan fingerprint density at radius 1 is 1.17 bits per heavy atom. The Balaban J connectivity index is 2.37. The van der Waals surface area contributed by atoms with E-state index in [9.17, 15) is 0 Å². The van der Waals surface area contributed by atoms with E-state index in [1.807, 2.05) is 16.7 Å². The van der Waals surface area contributed by atoms with Crippen LogP contribution < -0.4 is 0 Å². The Kier molecular flexibility index (Phi) is 2.86. The summed E-state index contributed by atoms with van der Waals surface area (Å²) >= 11 is 17.3. The highest BCUT2D eigenvalue weighted by Gasteiger charge is 2.08. The molecule has 3 aromatic rings. The van der Waals surface area contributed by atoms with Gasteiger partial charge < -0.3 is 4.98 Å². The average Bonchev–Trinajstić information content (AvgIpc) is 2.63. The zero-order chi connectivity index (χ0) is 12.7. The molecule has 18 heavy (non-hydrogen) atoms. The third kappa shape index (κ3) is 1.92. The maximum absolute atomic E-state index is 6.01. The van der Waals surface area contributed by atoms with Crippen LogP contribution in [0.2, 0.25) is 10.0 Å². The second-order valence-corrected chi connectivity index (χ2v) is 5.03. The molecule has 2 heterocycles. The van der Waals surface area contributed by atoms with E-state index in [1.54, 1.807) is 24.4 Å². The van der Waals surface area contributed by atoms with Crippen molar-refractivity contribution >= 4 is 46.6 Å². The first kappa shape index (κ1) is 11.7. The van der Waals surface area contributed by atoms with Crippen LogP contribution in [0, 0.1) is 4.77 Å². The molecule has 0 unspecified atom stereocenters. The summed E-state index contributed by atoms with van der Waals surface area (Å²) < 4.78 is 2.37. The minimum Gasteiger partial charge on any atom is -0.329 e. The van der Waals surface area contributed by atoms with Crippen molar-refractivity contribution in [3.63, 3.8) is 0 Å². The molecule has 2 aromatic heterocycles. The van der Waals surface area contributed by atoms with Crippen LogP contribution in [0.1, 0.15) is 0 Å². The Morgan fingerprint density at radius 3 is 2.61 bits per heavy atom. The summed E-state index contributed by atoms with van der Waals surface area (Å²) in [6, 6.07) is 9.04. The van der Waals surface area contributed by atoms with Gasteiger partial charge in [0.15, 0.2) is 10.4 Å². The SMILES string of the molecule is S=c1[nH]c2cccnc2n1-c1cc(Cl)cc(Cl)c1. The molecule has 6 heteroatoms. The molecule has 0 atom stereocenters. The van der Waals surface area contributed by atoms with E-state index in [1.165, 1.54) is 0 Å². The van der Waals surface area contributed by atoms with Crippen molar-refractivity contribution in [2.24, 2.45) is 0 Å². The third-order valence-electron chi connectivity index (χ3n) is 2.55. The predicted molar refractivity (Wildman–Crippen MR) is 76.3 cm³/mol. The minimum absolute atomic E-state index is 0.557. The second-order valence-electron chi connectivity index (χ2n) is 3.77. The molecule has 0 amide bonds. The van der Waals surface area contributed by atoms with Gasteiger partial charge in [-0.2, -0.15) is 0 Å². The van der Waals surface area contributed by atoms with Gasteiger partial charge in [-0.15, -0.1) is 0 Å². The van der Waals surface area contributed by atoms with Crippen LogP contribution in [-0.2, 0) is 0 Å². The molecule has 0 spiro atoms. The van der Waals surface area contributed by atoms with Gasteiger partial charge in [-0.3, -0.25) is 4.57 Å². The topological polar surface area (TPSA) is 33.6 Å². The van der Waals surface area contributed by atoms with Crippen molar-refractivity contribution in [1.82, 2.24) is 14.5 Å². The van der Waals surface area contributed by atoms with Gasteiger partial charge in [0.05, 0.1) is 11.2 Å². The van der Waals surface area contributed by atoms with Gasteiger partial charge in [-0.1, -0.05) is 23.2 Å². The normalized spacial score (nSPS) is 11.0. The molecule has 3 nitrogen and oxygen atoms in total. The van der Waals surface area contributed by atoms with Gasteiger partial charge in [0.25, 0.3) is 0 Å². The quantitative estimate of drug-likeness (QED) is 0.676. The first-order valence-corrected chi connectivity index (χ1v) is 6.34. The number of benzene rings is 1. The van der Waals surface area contributed by atoms with Crippen molar-refractivity contribution in [2.45, 2.75) is 0 Å². The molecule has 0 aliphatic rings. The number of nitrogens with one attached hydrogen (secondary N) is 1. The van der Waals surface area contributed by atoms with Crippen LogP contribution in [0.25, 0.3) is 16.9 Å². The van der Waals surface area contributed by atoms with E-state index >= 15 is 0 Å². The summed E-state index contributed by atoms with van der Waals surface area (Å²) in [6.07, 6.45) is 1.72. The number of pyridine rings is 1. The van der Waals surface area contributed by atoms with Gasteiger partial charge in [0.1, 0.15) is 0 Å². The lowest BCUT2D eigenvalue weighted by molar-refractivity contribution is 1.04. The molecule has 3 rings (SSSR count). The largest absolute Gasteiger partial charge is 0.329 e. The van der Waals surface area contributed by atoms with E-state index in [2.05, 4.69) is 9.97 Å². The first-order chi connectivity index (χ1) is 8.65. The summed E-state index contributed by atoms with van der Waals surface area (Å²) in [5.74, 6) is 0. The fourth-order valence-electron chi connectivity index (χ4n) is 1.85. The highest BCUT2D eigenvalue weighted by Crippen LogP contribution is 2.24. The Morgan fingerprint density at radius 2 is 1.89 bits per heavy atom. The van der Waals surface area contributed by atoms with Crippen molar-refractivity contribution in [3.8, 4) is 5.69 Å². The van der Waals surface area contributed by atoms with Gasteiger partial charge in [-0.05, 0) is 42.5 Å². The van der Waals surface area contributed by atoms with Crippen LogP contribution in [-0.4, -0.2) is 14.5 Å². The fourth-order valence-corrected chi connectivity index (χ4v) is 2.66. The molecule has 1 aromatic carbocycles. The second kappa shape index (κ2) is 4.39. The average molecular weight is 296 g/mol. The van der Waals surface area contributed by atoms with E-state index in [0.717, 1.165) is 16.9 Å². The van der Waals surface area contributed by atoms with Crippen LogP contribution in [0.4, 0.5) is 0 Å². The molecule has 90 valence electrons. The van der Waals surface area contributed by atoms with Crippen LogP contribution >= 0.6 is 35.4 Å². The van der Waals surface area contributed by atoms with Gasteiger partial charge >= 0.3 is 0 Å². The summed E-state index contributed by atoms with van der Waals surface area (Å²) in [6.45, 7) is 0. The predicted octanol–water partition coefficient (Wildman–Crippen LogP) is 4.39. The molecule has 1 N–H and O–H groups in total. The number of hydrogen-bond acceptors (Lipinski definition) is 2. The Labute approximate surface area is 118 Å². The van der Waals surface area contributed by atoms with Crippen LogP contribution in [0.15, 0.2) is 36.5 Å². The van der Waals surface area contributed by atoms with E-state index < -0.39 is 0 Å². The van der Waals surface area contributed by atoms with Crippen molar-refractivity contribution in [3.05, 3.63) is 51.3 Å². The molecule has 0 aliphatic heterocycles. The van der Waals surface area contributed by atoms with Crippen LogP contribution in [0.5, 0.6) is 0 Å². The smallest absolute Gasteiger partial charge is 0.183 e. The van der Waals surface area contributed by atoms with Crippen molar-refractivity contribution in [2.75, 3.05) is 0 Å². The number of hydrogen-bond donors (Lipinski definition) is 1. The molecule has 0 radical (unpaired) electrons. The zero-order valence-electron chi connectivity index (χ0n) is 9.02. The summed E-state index contributed by atoms with van der Waals surface area (Å²) in [4.78, 5) is 7.41. The highest BCUT2D eigenvalue weighted by atomic mass is 35.5. The maximum atomic E-state index is 6.01. The first-order valence-electron chi connectivity index (χ1n) is 5.17. The number of H-pyrrole nitrogens is 1. The number of aromatic nitrogens is 3. The zero-order valence-corrected chi connectivity index (χ0v) is 11.4. The number of aromatic amines is 1. The fraction of sp³-hybridized carbons (Fsp3) is 0. The lowest BCUT2D eigenvalue weighted by Gasteiger charge is -2.05. The highest BCUT2D eigenvalue weighted by molar-refractivity contribution is 7.71. The monoisotopic (exact) mass is 295 g/mol. The lowest BCUT2D eigenvalue weighted by Crippen LogP contribution is -1.95. The third-order valence-corrected chi connectivity index (χ3v) is 3.27. The van der Waals surface area contributed by atoms with Gasteiger partial charge in [0, 0.05) is 16.2 Å². The van der Waals surface area contributed by atoms with E-state index in [4.69, 9.17) is 35.4 Å². The Hall–Kier alpha value is -1.36. The minimum atomic E-state index is 0.557. The molecular formula is C12H7Cl2N3S. The van der Waals surface area contributed by atoms with Crippen molar-refractivity contribution < 1.29 is 0 Å². The number of fused-ring (bicyclic) bond motifs is 1. The summed E-state index contributed by atoms with van der Waals surface area (Å²) in [5, 5.41) is 1.12. The summed E-state index contributed by atoms with van der Waals surface area (Å²) in [7, 11) is 0. The number of imidazole rings is 1. The molecular weight excluding hydrogens is 289 g/mol. The molecule has 0 saturated carbocycles. The van der Waals surface area contributed by atoms with E-state index in [-0.39, 0.29) is 0 Å². The van der Waals surface area contributed by atoms with Gasteiger partial charge in [0.2, 0.25) is 0 Å². The number of halogens is 2. The van der Waals surface area contributed by atoms with E-state index in [0.29, 0.717) is 14.8 Å². The Bertz CT molecular complexity index is 771. The molecule has 0 bridgehead atoms. The standard InChI is InChI=1S/C12H7Cl2N3S/c13-7-4-8(14)6-9(5-7)17-11-10(16-12(17)18)2-1-3-15-11/h1-6H,(H,16,18). The molecule has 0 aliphatic carbocycles. The lowest BCUT2D eigenvalue weighted by atomic mass is 10.3. The summed E-state index contributed by atoms with van der Waals surface area (Å²) in [5.41, 5.74) is 2.42. The van der Waals surface area contributed by atoms with Gasteiger partial charge in [-0.25, -0.2) is 4.98 Å². The molecule has 0 fully saturated rings. The molecule has 0 saturated heterocycles. The van der Waals surface area contributed by atoms with Crippen molar-refractivity contribution in [1.29, 1.82) is 0 Å². The number of rotatable bonds is 1. The van der Waals surface area contributed by atoms with Crippen LogP contribution in [0.3, 0.4) is 0 Å².